The highest BCUT2D eigenvalue weighted by Crippen LogP contribution is 2.30. The first-order chi connectivity index (χ1) is 16.4. The first-order valence-corrected chi connectivity index (χ1v) is 11.5. The second-order valence-corrected chi connectivity index (χ2v) is 8.22. The number of rotatable bonds is 10. The van der Waals surface area contributed by atoms with Crippen LogP contribution >= 0.6 is 0 Å². The van der Waals surface area contributed by atoms with E-state index >= 15 is 0 Å². The lowest BCUT2D eigenvalue weighted by Crippen LogP contribution is -2.41. The minimum atomic E-state index is -0.777. The van der Waals surface area contributed by atoms with Crippen molar-refractivity contribution in [1.82, 2.24) is 10.6 Å². The van der Waals surface area contributed by atoms with Gasteiger partial charge in [0, 0.05) is 11.1 Å². The zero-order chi connectivity index (χ0) is 24.5. The molecule has 0 fully saturated rings. The molecule has 0 unspecified atom stereocenters. The molecule has 2 N–H and O–H groups in total. The minimum Gasteiger partial charge on any atom is -0.493 e. The topological polar surface area (TPSA) is 76.7 Å². The van der Waals surface area contributed by atoms with Gasteiger partial charge in [-0.05, 0) is 62.2 Å². The molecule has 0 heterocycles. The van der Waals surface area contributed by atoms with Crippen LogP contribution in [0.5, 0.6) is 11.5 Å². The first-order valence-electron chi connectivity index (χ1n) is 11.5. The molecule has 3 aromatic carbocycles. The third kappa shape index (κ3) is 6.61. The van der Waals surface area contributed by atoms with Crippen molar-refractivity contribution < 1.29 is 19.1 Å². The maximum Gasteiger partial charge on any atom is 0.253 e. The van der Waals surface area contributed by atoms with Crippen LogP contribution in [0.2, 0.25) is 0 Å². The summed E-state index contributed by atoms with van der Waals surface area (Å²) < 4.78 is 11.3. The van der Waals surface area contributed by atoms with Gasteiger partial charge in [0.1, 0.15) is 6.17 Å². The standard InChI is InChI=1S/C28H32N2O4/c1-5-6-17-34-24-16-15-23(18-25(24)33-4)26(29-27(31)21-11-7-19(2)8-12-21)30-28(32)22-13-9-20(3)10-14-22/h7-16,18,26H,5-6,17H2,1-4H3,(H,29,31)(H,30,32). The molecule has 0 saturated heterocycles. The number of carbonyl (C=O) groups is 2. The van der Waals surface area contributed by atoms with E-state index in [1.165, 1.54) is 0 Å². The molecule has 0 aromatic heterocycles. The second kappa shape index (κ2) is 11.9. The van der Waals surface area contributed by atoms with Crippen molar-refractivity contribution in [3.8, 4) is 11.5 Å². The van der Waals surface area contributed by atoms with E-state index in [2.05, 4.69) is 17.6 Å². The lowest BCUT2D eigenvalue weighted by molar-refractivity contribution is 0.0883. The number of ether oxygens (including phenoxy) is 2. The van der Waals surface area contributed by atoms with Crippen molar-refractivity contribution in [1.29, 1.82) is 0 Å². The zero-order valence-corrected chi connectivity index (χ0v) is 20.2. The molecule has 2 amide bonds. The van der Waals surface area contributed by atoms with Crippen molar-refractivity contribution >= 4 is 11.8 Å². The Balaban J connectivity index is 1.88. The summed E-state index contributed by atoms with van der Waals surface area (Å²) in [4.78, 5) is 26.0. The monoisotopic (exact) mass is 460 g/mol. The highest BCUT2D eigenvalue weighted by molar-refractivity contribution is 5.96. The van der Waals surface area contributed by atoms with Gasteiger partial charge in [-0.25, -0.2) is 0 Å². The molecule has 0 atom stereocenters. The van der Waals surface area contributed by atoms with Crippen molar-refractivity contribution in [2.45, 2.75) is 39.8 Å². The zero-order valence-electron chi connectivity index (χ0n) is 20.2. The van der Waals surface area contributed by atoms with E-state index in [0.717, 1.165) is 24.0 Å². The Hall–Kier alpha value is -3.80. The molecule has 0 saturated carbocycles. The van der Waals surface area contributed by atoms with Gasteiger partial charge in [-0.3, -0.25) is 9.59 Å². The van der Waals surface area contributed by atoms with Crippen molar-refractivity contribution in [3.63, 3.8) is 0 Å². The number of hydrogen-bond acceptors (Lipinski definition) is 4. The SMILES string of the molecule is CCCCOc1ccc(C(NC(=O)c2ccc(C)cc2)NC(=O)c2ccc(C)cc2)cc1OC. The summed E-state index contributed by atoms with van der Waals surface area (Å²) in [5, 5.41) is 5.87. The largest absolute Gasteiger partial charge is 0.493 e. The Morgan fingerprint density at radius 2 is 1.32 bits per heavy atom. The maximum atomic E-state index is 13.0. The summed E-state index contributed by atoms with van der Waals surface area (Å²) in [5.41, 5.74) is 3.80. The van der Waals surface area contributed by atoms with Gasteiger partial charge in [-0.1, -0.05) is 54.8 Å². The van der Waals surface area contributed by atoms with Crippen LogP contribution < -0.4 is 20.1 Å². The number of carbonyl (C=O) groups excluding carboxylic acids is 2. The molecule has 34 heavy (non-hydrogen) atoms. The van der Waals surface area contributed by atoms with Crippen LogP contribution in [0.3, 0.4) is 0 Å². The molecular formula is C28H32N2O4. The molecule has 0 bridgehead atoms. The average molecular weight is 461 g/mol. The van der Waals surface area contributed by atoms with Crippen LogP contribution in [0.4, 0.5) is 0 Å². The molecule has 0 aliphatic rings. The van der Waals surface area contributed by atoms with E-state index in [1.807, 2.05) is 44.2 Å². The van der Waals surface area contributed by atoms with Crippen molar-refractivity contribution in [2.75, 3.05) is 13.7 Å². The summed E-state index contributed by atoms with van der Waals surface area (Å²) >= 11 is 0. The predicted molar refractivity (Wildman–Crippen MR) is 133 cm³/mol. The fraction of sp³-hybridized carbons (Fsp3) is 0.286. The Kier molecular flexibility index (Phi) is 8.68. The van der Waals surface area contributed by atoms with E-state index in [-0.39, 0.29) is 11.8 Å². The highest BCUT2D eigenvalue weighted by Gasteiger charge is 2.21. The Morgan fingerprint density at radius 3 is 1.79 bits per heavy atom. The summed E-state index contributed by atoms with van der Waals surface area (Å²) in [6, 6.07) is 19.9. The molecule has 0 spiro atoms. The summed E-state index contributed by atoms with van der Waals surface area (Å²) in [6.45, 7) is 6.61. The van der Waals surface area contributed by atoms with Crippen LogP contribution in [-0.2, 0) is 0 Å². The van der Waals surface area contributed by atoms with Gasteiger partial charge in [0.15, 0.2) is 11.5 Å². The molecule has 6 heteroatoms. The lowest BCUT2D eigenvalue weighted by atomic mass is 10.1. The number of unbranched alkanes of at least 4 members (excludes halogenated alkanes) is 1. The second-order valence-electron chi connectivity index (χ2n) is 8.22. The quantitative estimate of drug-likeness (QED) is 0.316. The highest BCUT2D eigenvalue weighted by atomic mass is 16.5. The third-order valence-electron chi connectivity index (χ3n) is 5.45. The molecule has 0 radical (unpaired) electrons. The summed E-state index contributed by atoms with van der Waals surface area (Å²) in [5.74, 6) is 0.564. The van der Waals surface area contributed by atoms with Crippen LogP contribution in [0.15, 0.2) is 66.7 Å². The number of benzene rings is 3. The number of methoxy groups -OCH3 is 1. The van der Waals surface area contributed by atoms with Crippen LogP contribution in [-0.4, -0.2) is 25.5 Å². The van der Waals surface area contributed by atoms with Gasteiger partial charge in [0.2, 0.25) is 0 Å². The van der Waals surface area contributed by atoms with Gasteiger partial charge >= 0.3 is 0 Å². The Labute approximate surface area is 201 Å². The van der Waals surface area contributed by atoms with E-state index in [1.54, 1.807) is 43.5 Å². The predicted octanol–water partition coefficient (Wildman–Crippen LogP) is 5.35. The number of aryl methyl sites for hydroxylation is 2. The Bertz CT molecular complexity index is 1050. The van der Waals surface area contributed by atoms with Crippen molar-refractivity contribution in [3.05, 3.63) is 94.5 Å². The third-order valence-corrected chi connectivity index (χ3v) is 5.45. The number of hydrogen-bond donors (Lipinski definition) is 2. The van der Waals surface area contributed by atoms with Crippen LogP contribution in [0.1, 0.15) is 63.3 Å². The maximum absolute atomic E-state index is 13.0. The van der Waals surface area contributed by atoms with E-state index in [4.69, 9.17) is 9.47 Å². The molecular weight excluding hydrogens is 428 g/mol. The molecule has 3 rings (SSSR count). The van der Waals surface area contributed by atoms with E-state index < -0.39 is 6.17 Å². The van der Waals surface area contributed by atoms with E-state index in [0.29, 0.717) is 34.8 Å². The van der Waals surface area contributed by atoms with Gasteiger partial charge in [0.25, 0.3) is 11.8 Å². The average Bonchev–Trinajstić information content (AvgIpc) is 2.84. The number of amides is 2. The lowest BCUT2D eigenvalue weighted by Gasteiger charge is -2.22. The van der Waals surface area contributed by atoms with Crippen LogP contribution in [0.25, 0.3) is 0 Å². The summed E-state index contributed by atoms with van der Waals surface area (Å²) in [7, 11) is 1.57. The van der Waals surface area contributed by atoms with Gasteiger partial charge in [-0.15, -0.1) is 0 Å². The fourth-order valence-corrected chi connectivity index (χ4v) is 3.35. The molecule has 0 aliphatic carbocycles. The van der Waals surface area contributed by atoms with Crippen LogP contribution in [0, 0.1) is 13.8 Å². The molecule has 6 nitrogen and oxygen atoms in total. The molecule has 3 aromatic rings. The normalized spacial score (nSPS) is 10.6. The number of nitrogens with one attached hydrogen (secondary N) is 2. The first kappa shape index (κ1) is 24.8. The summed E-state index contributed by atoms with van der Waals surface area (Å²) in [6.07, 6.45) is 1.19. The smallest absolute Gasteiger partial charge is 0.253 e. The Morgan fingerprint density at radius 1 is 0.794 bits per heavy atom. The molecule has 0 aliphatic heterocycles. The minimum absolute atomic E-state index is 0.295. The van der Waals surface area contributed by atoms with Gasteiger partial charge in [0.05, 0.1) is 13.7 Å². The molecule has 178 valence electrons. The fourth-order valence-electron chi connectivity index (χ4n) is 3.35. The van der Waals surface area contributed by atoms with Gasteiger partial charge < -0.3 is 20.1 Å². The van der Waals surface area contributed by atoms with Gasteiger partial charge in [-0.2, -0.15) is 0 Å². The van der Waals surface area contributed by atoms with E-state index in [9.17, 15) is 9.59 Å². The van der Waals surface area contributed by atoms with Crippen molar-refractivity contribution in [2.24, 2.45) is 0 Å².